The first-order valence-corrected chi connectivity index (χ1v) is 3.69. The summed E-state index contributed by atoms with van der Waals surface area (Å²) in [5.41, 5.74) is 0. The number of hydrogen-bond donors (Lipinski definition) is 1. The lowest BCUT2D eigenvalue weighted by Crippen LogP contribution is -2.44. The second kappa shape index (κ2) is 5.50. The number of aldehydes is 1. The summed E-state index contributed by atoms with van der Waals surface area (Å²) in [6.07, 6.45) is -0.564. The van der Waals surface area contributed by atoms with Crippen LogP contribution in [0.5, 0.6) is 0 Å². The first-order chi connectivity index (χ1) is 6.02. The van der Waals surface area contributed by atoms with E-state index in [0.29, 0.717) is 6.29 Å². The predicted molar refractivity (Wildman–Crippen MR) is 45.3 cm³/mol. The first kappa shape index (κ1) is 11.9. The summed E-state index contributed by atoms with van der Waals surface area (Å²) in [6, 6.07) is -0.706. The Hall–Kier alpha value is -1.14. The van der Waals surface area contributed by atoms with E-state index in [-0.39, 0.29) is 6.54 Å². The second-order valence-corrected chi connectivity index (χ2v) is 2.59. The Balaban J connectivity index is 4.17. The molecule has 0 rings (SSSR count). The molecule has 0 heterocycles. The third-order valence-corrected chi connectivity index (χ3v) is 1.71. The average molecular weight is 190 g/mol. The van der Waals surface area contributed by atoms with Gasteiger partial charge in [-0.05, 0) is 0 Å². The Kier molecular flexibility index (Phi) is 5.01. The zero-order valence-electron chi connectivity index (χ0n) is 7.93. The van der Waals surface area contributed by atoms with E-state index in [4.69, 9.17) is 9.94 Å². The van der Waals surface area contributed by atoms with E-state index >= 15 is 0 Å². The van der Waals surface area contributed by atoms with Gasteiger partial charge in [0.05, 0.1) is 13.7 Å². The molecule has 0 aliphatic rings. The fourth-order valence-electron chi connectivity index (χ4n) is 0.737. The van der Waals surface area contributed by atoms with Crippen molar-refractivity contribution in [1.29, 1.82) is 0 Å². The van der Waals surface area contributed by atoms with Crippen LogP contribution in [0.15, 0.2) is 0 Å². The molecule has 0 aromatic carbocycles. The summed E-state index contributed by atoms with van der Waals surface area (Å²) >= 11 is 0. The molecular weight excluding hydrogens is 176 g/mol. The summed E-state index contributed by atoms with van der Waals surface area (Å²) < 4.78 is 0. The van der Waals surface area contributed by atoms with Crippen molar-refractivity contribution in [1.82, 2.24) is 9.96 Å². The normalized spacial score (nSPS) is 12.6. The van der Waals surface area contributed by atoms with E-state index in [1.165, 1.54) is 19.2 Å². The van der Waals surface area contributed by atoms with Crippen molar-refractivity contribution in [2.45, 2.75) is 6.04 Å². The van der Waals surface area contributed by atoms with E-state index < -0.39 is 12.1 Å². The highest BCUT2D eigenvalue weighted by Gasteiger charge is 2.19. The Morgan fingerprint density at radius 2 is 2.15 bits per heavy atom. The molecule has 0 fully saturated rings. The van der Waals surface area contributed by atoms with Crippen LogP contribution in [0.3, 0.4) is 0 Å². The first-order valence-electron chi connectivity index (χ1n) is 3.69. The summed E-state index contributed by atoms with van der Waals surface area (Å²) in [5, 5.41) is 9.96. The topological polar surface area (TPSA) is 70.1 Å². The van der Waals surface area contributed by atoms with Gasteiger partial charge in [0.25, 0.3) is 0 Å². The third-order valence-electron chi connectivity index (χ3n) is 1.71. The van der Waals surface area contributed by atoms with Crippen molar-refractivity contribution in [3.8, 4) is 0 Å². The lowest BCUT2D eigenvalue weighted by molar-refractivity contribution is -0.130. The molecule has 1 N–H and O–H groups in total. The molecular formula is C7H14N2O4. The highest BCUT2D eigenvalue weighted by atomic mass is 16.7. The number of rotatable bonds is 5. The van der Waals surface area contributed by atoms with Crippen molar-refractivity contribution < 1.29 is 19.5 Å². The van der Waals surface area contributed by atoms with Crippen LogP contribution in [-0.4, -0.2) is 61.2 Å². The minimum absolute atomic E-state index is 0.211. The number of carboxylic acid groups (broad SMARTS) is 1. The zero-order valence-corrected chi connectivity index (χ0v) is 7.93. The molecule has 0 spiro atoms. The average Bonchev–Trinajstić information content (AvgIpc) is 2.12. The maximum absolute atomic E-state index is 10.5. The number of likely N-dealkylation sites (N-methyl/N-ethyl adjacent to an activating group) is 2. The van der Waals surface area contributed by atoms with Crippen LogP contribution in [0.2, 0.25) is 0 Å². The largest absolute Gasteiger partial charge is 0.465 e. The Morgan fingerprint density at radius 3 is 2.46 bits per heavy atom. The molecule has 1 atom stereocenters. The maximum Gasteiger partial charge on any atom is 0.407 e. The highest BCUT2D eigenvalue weighted by Crippen LogP contribution is 1.96. The minimum atomic E-state index is -1.14. The van der Waals surface area contributed by atoms with Gasteiger partial charge in [0.2, 0.25) is 0 Å². The molecule has 6 nitrogen and oxygen atoms in total. The van der Waals surface area contributed by atoms with Crippen LogP contribution < -0.4 is 0 Å². The van der Waals surface area contributed by atoms with Gasteiger partial charge in [0.15, 0.2) is 0 Å². The van der Waals surface area contributed by atoms with E-state index in [0.717, 1.165) is 4.90 Å². The van der Waals surface area contributed by atoms with Gasteiger partial charge >= 0.3 is 6.09 Å². The molecule has 1 amide bonds. The SMILES string of the molecule is CON(C)CC(C=O)N(C)C(=O)O. The molecule has 13 heavy (non-hydrogen) atoms. The number of amides is 1. The molecule has 0 bridgehead atoms. The molecule has 0 aliphatic carbocycles. The van der Waals surface area contributed by atoms with Gasteiger partial charge in [-0.3, -0.25) is 0 Å². The van der Waals surface area contributed by atoms with Crippen molar-refractivity contribution in [2.24, 2.45) is 0 Å². The van der Waals surface area contributed by atoms with Gasteiger partial charge in [-0.15, -0.1) is 0 Å². The van der Waals surface area contributed by atoms with E-state index in [1.807, 2.05) is 0 Å². The van der Waals surface area contributed by atoms with Crippen LogP contribution in [0.1, 0.15) is 0 Å². The van der Waals surface area contributed by atoms with Crippen molar-refractivity contribution >= 4 is 12.4 Å². The molecule has 1 unspecified atom stereocenters. The van der Waals surface area contributed by atoms with Gasteiger partial charge in [0.1, 0.15) is 12.3 Å². The lowest BCUT2D eigenvalue weighted by atomic mass is 10.3. The molecule has 0 radical (unpaired) electrons. The Morgan fingerprint density at radius 1 is 1.62 bits per heavy atom. The van der Waals surface area contributed by atoms with Crippen LogP contribution in [0.4, 0.5) is 4.79 Å². The monoisotopic (exact) mass is 190 g/mol. The number of carbonyl (C=O) groups excluding carboxylic acids is 1. The number of nitrogens with zero attached hydrogens (tertiary/aromatic N) is 2. The summed E-state index contributed by atoms with van der Waals surface area (Å²) in [6.45, 7) is 0.211. The van der Waals surface area contributed by atoms with E-state index in [2.05, 4.69) is 0 Å². The van der Waals surface area contributed by atoms with E-state index in [9.17, 15) is 9.59 Å². The summed E-state index contributed by atoms with van der Waals surface area (Å²) in [5.74, 6) is 0. The lowest BCUT2D eigenvalue weighted by Gasteiger charge is -2.24. The molecule has 76 valence electrons. The van der Waals surface area contributed by atoms with Crippen LogP contribution in [0, 0.1) is 0 Å². The molecule has 0 aromatic rings. The van der Waals surface area contributed by atoms with Gasteiger partial charge in [0, 0.05) is 14.1 Å². The van der Waals surface area contributed by atoms with Gasteiger partial charge in [-0.25, -0.2) is 4.79 Å². The summed E-state index contributed by atoms with van der Waals surface area (Å²) in [4.78, 5) is 26.7. The quantitative estimate of drug-likeness (QED) is 0.474. The Bertz CT molecular complexity index is 185. The fourth-order valence-corrected chi connectivity index (χ4v) is 0.737. The molecule has 6 heteroatoms. The van der Waals surface area contributed by atoms with Gasteiger partial charge in [-0.2, -0.15) is 5.06 Å². The number of hydrogen-bond acceptors (Lipinski definition) is 4. The second-order valence-electron chi connectivity index (χ2n) is 2.59. The highest BCUT2D eigenvalue weighted by molar-refractivity contribution is 5.71. The fraction of sp³-hybridized carbons (Fsp3) is 0.714. The molecule has 0 aliphatic heterocycles. The predicted octanol–water partition coefficient (Wildman–Crippen LogP) is -0.343. The molecule has 0 aromatic heterocycles. The van der Waals surface area contributed by atoms with Gasteiger partial charge in [-0.1, -0.05) is 0 Å². The molecule has 0 saturated heterocycles. The number of hydroxylamine groups is 2. The number of carbonyl (C=O) groups is 2. The van der Waals surface area contributed by atoms with Gasteiger partial charge < -0.3 is 19.6 Å². The van der Waals surface area contributed by atoms with Crippen LogP contribution >= 0.6 is 0 Å². The van der Waals surface area contributed by atoms with Crippen molar-refractivity contribution in [3.63, 3.8) is 0 Å². The van der Waals surface area contributed by atoms with Crippen LogP contribution in [0.25, 0.3) is 0 Å². The van der Waals surface area contributed by atoms with Crippen molar-refractivity contribution in [2.75, 3.05) is 27.7 Å². The smallest absolute Gasteiger partial charge is 0.407 e. The third kappa shape index (κ3) is 3.86. The van der Waals surface area contributed by atoms with Crippen LogP contribution in [-0.2, 0) is 9.63 Å². The Labute approximate surface area is 76.6 Å². The van der Waals surface area contributed by atoms with E-state index in [1.54, 1.807) is 7.05 Å². The minimum Gasteiger partial charge on any atom is -0.465 e. The standard InChI is InChI=1S/C7H14N2O4/c1-8(13-3)4-6(5-10)9(2)7(11)12/h5-6H,4H2,1-3H3,(H,11,12). The maximum atomic E-state index is 10.5. The van der Waals surface area contributed by atoms with Crippen molar-refractivity contribution in [3.05, 3.63) is 0 Å². The summed E-state index contributed by atoms with van der Waals surface area (Å²) in [7, 11) is 4.40. The zero-order chi connectivity index (χ0) is 10.4. The molecule has 0 saturated carbocycles.